The zero-order valence-corrected chi connectivity index (χ0v) is 17.4. The molecule has 1 aromatic carbocycles. The number of benzene rings is 1. The Labute approximate surface area is 176 Å². The Kier molecular flexibility index (Phi) is 9.34. The molecule has 5 N–H and O–H groups in total. The molecule has 0 aliphatic carbocycles. The van der Waals surface area contributed by atoms with E-state index < -0.39 is 29.9 Å². The van der Waals surface area contributed by atoms with Crippen LogP contribution in [0.3, 0.4) is 0 Å². The topological polar surface area (TPSA) is 135 Å². The van der Waals surface area contributed by atoms with Crippen molar-refractivity contribution in [1.29, 1.82) is 0 Å². The lowest BCUT2D eigenvalue weighted by Crippen LogP contribution is -2.44. The molecule has 2 rings (SSSR count). The van der Waals surface area contributed by atoms with Gasteiger partial charge in [-0.15, -0.1) is 0 Å². The minimum atomic E-state index is -1.16. The lowest BCUT2D eigenvalue weighted by atomic mass is 10.0. The van der Waals surface area contributed by atoms with E-state index in [1.54, 1.807) is 0 Å². The average molecular weight is 418 g/mol. The number of fused-ring (bicyclic) bond motifs is 1. The number of hydrogen-bond acceptors (Lipinski definition) is 5. The van der Waals surface area contributed by atoms with Gasteiger partial charge in [0.2, 0.25) is 5.91 Å². The number of esters is 1. The van der Waals surface area contributed by atoms with E-state index in [1.165, 1.54) is 0 Å². The Morgan fingerprint density at radius 1 is 1.20 bits per heavy atom. The van der Waals surface area contributed by atoms with Crippen LogP contribution in [0.4, 0.5) is 0 Å². The fraction of sp³-hybridized carbons (Fsp3) is 0.500. The monoisotopic (exact) mass is 417 g/mol. The molecule has 0 fully saturated rings. The van der Waals surface area contributed by atoms with Crippen molar-refractivity contribution in [2.24, 2.45) is 5.73 Å². The van der Waals surface area contributed by atoms with Gasteiger partial charge < -0.3 is 25.9 Å². The van der Waals surface area contributed by atoms with Gasteiger partial charge in [0, 0.05) is 29.9 Å². The van der Waals surface area contributed by atoms with Crippen molar-refractivity contribution in [2.75, 3.05) is 6.61 Å². The first kappa shape index (κ1) is 23.4. The Morgan fingerprint density at radius 2 is 1.97 bits per heavy atom. The fourth-order valence-electron chi connectivity index (χ4n) is 3.19. The maximum atomic E-state index is 12.7. The molecule has 1 heterocycles. The molecule has 8 nitrogen and oxygen atoms in total. The molecule has 0 bridgehead atoms. The molecule has 2 atom stereocenters. The number of carbonyl (C=O) groups is 3. The first-order chi connectivity index (χ1) is 14.4. The average Bonchev–Trinajstić information content (AvgIpc) is 3.14. The molecule has 1 amide bonds. The zero-order valence-electron chi connectivity index (χ0n) is 17.4. The molecule has 0 saturated heterocycles. The van der Waals surface area contributed by atoms with Crippen molar-refractivity contribution in [2.45, 2.75) is 64.0 Å². The van der Waals surface area contributed by atoms with E-state index in [4.69, 9.17) is 15.6 Å². The quantitative estimate of drug-likeness (QED) is 0.292. The van der Waals surface area contributed by atoms with E-state index in [0.717, 1.165) is 42.1 Å². The molecule has 0 radical (unpaired) electrons. The van der Waals surface area contributed by atoms with Crippen LogP contribution < -0.4 is 11.1 Å². The van der Waals surface area contributed by atoms with Gasteiger partial charge in [-0.25, -0.2) is 4.79 Å². The molecule has 1 aromatic heterocycles. The van der Waals surface area contributed by atoms with E-state index in [2.05, 4.69) is 17.2 Å². The number of nitrogens with two attached hydrogens (primary N) is 1. The second-order valence-corrected chi connectivity index (χ2v) is 7.40. The summed E-state index contributed by atoms with van der Waals surface area (Å²) in [5, 5.41) is 12.5. The van der Waals surface area contributed by atoms with E-state index >= 15 is 0 Å². The van der Waals surface area contributed by atoms with Gasteiger partial charge in [0.25, 0.3) is 0 Å². The van der Waals surface area contributed by atoms with Crippen molar-refractivity contribution in [3.63, 3.8) is 0 Å². The van der Waals surface area contributed by atoms with Crippen LogP contribution in [0.1, 0.15) is 51.0 Å². The second kappa shape index (κ2) is 12.0. The van der Waals surface area contributed by atoms with Crippen LogP contribution in [0, 0.1) is 0 Å². The number of H-pyrrole nitrogens is 1. The van der Waals surface area contributed by atoms with Gasteiger partial charge in [-0.1, -0.05) is 44.4 Å². The third kappa shape index (κ3) is 7.18. The number of unbranched alkanes of at least 4 members (excludes halogenated alkanes) is 3. The van der Waals surface area contributed by atoms with Crippen LogP contribution in [0.5, 0.6) is 0 Å². The molecular formula is C22H31N3O5. The highest BCUT2D eigenvalue weighted by atomic mass is 16.5. The summed E-state index contributed by atoms with van der Waals surface area (Å²) in [6, 6.07) is 5.73. The number of aliphatic carboxylic acids is 1. The number of nitrogens with one attached hydrogen (secondary N) is 2. The zero-order chi connectivity index (χ0) is 21.9. The van der Waals surface area contributed by atoms with Crippen LogP contribution >= 0.6 is 0 Å². The predicted molar refractivity (Wildman–Crippen MR) is 114 cm³/mol. The number of rotatable bonds is 13. The number of hydrogen-bond donors (Lipinski definition) is 4. The largest absolute Gasteiger partial charge is 0.480 e. The maximum absolute atomic E-state index is 12.7. The van der Waals surface area contributed by atoms with Crippen LogP contribution in [-0.4, -0.2) is 46.6 Å². The molecule has 0 aliphatic heterocycles. The van der Waals surface area contributed by atoms with Crippen molar-refractivity contribution in [1.82, 2.24) is 10.3 Å². The molecule has 0 spiro atoms. The summed E-state index contributed by atoms with van der Waals surface area (Å²) < 4.78 is 5.39. The number of carboxylic acids is 1. The van der Waals surface area contributed by atoms with Crippen LogP contribution in [0.25, 0.3) is 10.9 Å². The summed E-state index contributed by atoms with van der Waals surface area (Å²) in [5.74, 6) is -2.09. The van der Waals surface area contributed by atoms with E-state index in [0.29, 0.717) is 6.61 Å². The molecule has 164 valence electrons. The van der Waals surface area contributed by atoms with Crippen molar-refractivity contribution in [3.05, 3.63) is 36.0 Å². The number of aromatic nitrogens is 1. The summed E-state index contributed by atoms with van der Waals surface area (Å²) in [4.78, 5) is 39.0. The SMILES string of the molecule is CCCCCCOC(=O)[C@H](Cc1c[nH]c2ccccc12)NC(=O)CC[C@@H](N)C(=O)O. The highest BCUT2D eigenvalue weighted by Crippen LogP contribution is 2.19. The van der Waals surface area contributed by atoms with Crippen molar-refractivity contribution < 1.29 is 24.2 Å². The minimum absolute atomic E-state index is 0.00691. The van der Waals surface area contributed by atoms with Gasteiger partial charge in [0.1, 0.15) is 12.1 Å². The number of para-hydroxylation sites is 1. The number of aromatic amines is 1. The van der Waals surface area contributed by atoms with Gasteiger partial charge in [-0.3, -0.25) is 9.59 Å². The fourth-order valence-corrected chi connectivity index (χ4v) is 3.19. The maximum Gasteiger partial charge on any atom is 0.328 e. The normalized spacial score (nSPS) is 13.0. The summed E-state index contributed by atoms with van der Waals surface area (Å²) in [6.07, 6.45) is 5.93. The van der Waals surface area contributed by atoms with Gasteiger partial charge in [-0.2, -0.15) is 0 Å². The lowest BCUT2D eigenvalue weighted by Gasteiger charge is -2.18. The number of carboxylic acid groups (broad SMARTS) is 1. The molecule has 0 saturated carbocycles. The van der Waals surface area contributed by atoms with E-state index in [-0.39, 0.29) is 19.3 Å². The number of ether oxygens (including phenoxy) is 1. The summed E-state index contributed by atoms with van der Waals surface area (Å²) in [6.45, 7) is 2.41. The second-order valence-electron chi connectivity index (χ2n) is 7.40. The third-order valence-electron chi connectivity index (χ3n) is 4.96. The minimum Gasteiger partial charge on any atom is -0.480 e. The molecule has 8 heteroatoms. The number of amides is 1. The first-order valence-electron chi connectivity index (χ1n) is 10.4. The molecule has 30 heavy (non-hydrogen) atoms. The van der Waals surface area contributed by atoms with Crippen molar-refractivity contribution in [3.8, 4) is 0 Å². The highest BCUT2D eigenvalue weighted by Gasteiger charge is 2.24. The Bertz CT molecular complexity index is 848. The van der Waals surface area contributed by atoms with Crippen LogP contribution in [-0.2, 0) is 25.5 Å². The van der Waals surface area contributed by atoms with E-state index in [9.17, 15) is 14.4 Å². The number of carbonyl (C=O) groups excluding carboxylic acids is 2. The Balaban J connectivity index is 2.02. The Hall–Kier alpha value is -2.87. The predicted octanol–water partition coefficient (Wildman–Crippen LogP) is 2.51. The lowest BCUT2D eigenvalue weighted by molar-refractivity contribution is -0.148. The van der Waals surface area contributed by atoms with Gasteiger partial charge in [-0.05, 0) is 24.5 Å². The van der Waals surface area contributed by atoms with Crippen LogP contribution in [0.2, 0.25) is 0 Å². The molecule has 0 aliphatic rings. The summed E-state index contributed by atoms with van der Waals surface area (Å²) in [5.41, 5.74) is 7.29. The molecule has 2 aromatic rings. The highest BCUT2D eigenvalue weighted by molar-refractivity contribution is 5.87. The summed E-state index contributed by atoms with van der Waals surface area (Å²) in [7, 11) is 0. The van der Waals surface area contributed by atoms with Crippen LogP contribution in [0.15, 0.2) is 30.5 Å². The molecule has 0 unspecified atom stereocenters. The first-order valence-corrected chi connectivity index (χ1v) is 10.4. The summed E-state index contributed by atoms with van der Waals surface area (Å²) >= 11 is 0. The molecular weight excluding hydrogens is 386 g/mol. The Morgan fingerprint density at radius 3 is 2.70 bits per heavy atom. The van der Waals surface area contributed by atoms with Crippen molar-refractivity contribution >= 4 is 28.7 Å². The van der Waals surface area contributed by atoms with Gasteiger partial charge >= 0.3 is 11.9 Å². The van der Waals surface area contributed by atoms with Gasteiger partial charge in [0.15, 0.2) is 0 Å². The smallest absolute Gasteiger partial charge is 0.328 e. The van der Waals surface area contributed by atoms with Gasteiger partial charge in [0.05, 0.1) is 6.61 Å². The van der Waals surface area contributed by atoms with E-state index in [1.807, 2.05) is 30.5 Å². The standard InChI is InChI=1S/C22H31N3O5/c1-2-3-4-7-12-30-22(29)19(25-20(26)11-10-17(23)21(27)28)13-15-14-24-18-9-6-5-8-16(15)18/h5-6,8-9,14,17,19,24H,2-4,7,10-13,23H2,1H3,(H,25,26)(H,27,28)/t17-,19+/m1/s1. The third-order valence-corrected chi connectivity index (χ3v) is 4.96.